The highest BCUT2D eigenvalue weighted by atomic mass is 32.2. The molecule has 0 aromatic heterocycles. The zero-order valence-corrected chi connectivity index (χ0v) is 20.2. The molecule has 12 heteroatoms. The van der Waals surface area contributed by atoms with Crippen molar-refractivity contribution in [3.63, 3.8) is 0 Å². The minimum atomic E-state index is -4.49. The smallest absolute Gasteiger partial charge is 0.289 e. The standard InChI is InChI=1S/C25H23N5O6S/c26-29-27-16-23(32)25(20-14-12-19(13-15-20)11-10-18-6-2-1-3-7-18)21(17-31)28-37(35,36)24-9-5-4-8-22(24)30(33)34/h1-9,12-15,21,23,25,28,31-32H,16-17H2/t21-,23-,25+/m1/s1. The number of azide groups is 1. The molecule has 0 heterocycles. The monoisotopic (exact) mass is 521 g/mol. The molecule has 3 aromatic carbocycles. The Balaban J connectivity index is 1.95. The molecule has 3 N–H and O–H groups in total. The van der Waals surface area contributed by atoms with Gasteiger partial charge >= 0.3 is 0 Å². The van der Waals surface area contributed by atoms with Gasteiger partial charge in [0.1, 0.15) is 0 Å². The Morgan fingerprint density at radius 2 is 1.59 bits per heavy atom. The van der Waals surface area contributed by atoms with E-state index in [1.54, 1.807) is 24.3 Å². The van der Waals surface area contributed by atoms with E-state index in [4.69, 9.17) is 5.53 Å². The Morgan fingerprint density at radius 1 is 1.00 bits per heavy atom. The Bertz CT molecular complexity index is 1450. The first-order valence-electron chi connectivity index (χ1n) is 11.0. The summed E-state index contributed by atoms with van der Waals surface area (Å²) in [6.45, 7) is -1.16. The number of aliphatic hydroxyl groups excluding tert-OH is 2. The van der Waals surface area contributed by atoms with Crippen molar-refractivity contribution >= 4 is 15.7 Å². The van der Waals surface area contributed by atoms with Gasteiger partial charge in [0.25, 0.3) is 5.69 Å². The lowest BCUT2D eigenvalue weighted by Gasteiger charge is -2.30. The molecule has 11 nitrogen and oxygen atoms in total. The summed E-state index contributed by atoms with van der Waals surface area (Å²) in [5.74, 6) is 4.96. The zero-order chi connectivity index (χ0) is 26.8. The largest absolute Gasteiger partial charge is 0.395 e. The summed E-state index contributed by atoms with van der Waals surface area (Å²) in [6, 6.07) is 19.4. The number of nitrogens with zero attached hydrogens (tertiary/aromatic N) is 4. The van der Waals surface area contributed by atoms with Crippen LogP contribution in [0.4, 0.5) is 5.69 Å². The molecule has 0 radical (unpaired) electrons. The van der Waals surface area contributed by atoms with Gasteiger partial charge in [-0.3, -0.25) is 10.1 Å². The van der Waals surface area contributed by atoms with Gasteiger partial charge in [-0.2, -0.15) is 0 Å². The number of nitro groups is 1. The summed E-state index contributed by atoms with van der Waals surface area (Å²) in [6.07, 6.45) is -1.39. The van der Waals surface area contributed by atoms with Crippen molar-refractivity contribution < 1.29 is 23.6 Å². The highest BCUT2D eigenvalue weighted by Crippen LogP contribution is 2.28. The lowest BCUT2D eigenvalue weighted by atomic mass is 9.86. The van der Waals surface area contributed by atoms with Crippen molar-refractivity contribution in [2.75, 3.05) is 13.2 Å². The molecule has 190 valence electrons. The minimum absolute atomic E-state index is 0.402. The van der Waals surface area contributed by atoms with E-state index in [0.717, 1.165) is 17.7 Å². The summed E-state index contributed by atoms with van der Waals surface area (Å²) >= 11 is 0. The van der Waals surface area contributed by atoms with Crippen LogP contribution in [0.2, 0.25) is 0 Å². The van der Waals surface area contributed by atoms with Crippen LogP contribution in [0, 0.1) is 22.0 Å². The summed E-state index contributed by atoms with van der Waals surface area (Å²) in [5, 5.41) is 35.6. The number of aliphatic hydroxyl groups is 2. The second kappa shape index (κ2) is 12.6. The lowest BCUT2D eigenvalue weighted by Crippen LogP contribution is -2.46. The number of hydrogen-bond donors (Lipinski definition) is 3. The highest BCUT2D eigenvalue weighted by molar-refractivity contribution is 7.89. The molecule has 0 unspecified atom stereocenters. The van der Waals surface area contributed by atoms with Crippen LogP contribution < -0.4 is 4.72 Å². The number of benzene rings is 3. The molecule has 0 aliphatic rings. The molecular formula is C25H23N5O6S. The van der Waals surface area contributed by atoms with E-state index >= 15 is 0 Å². The quantitative estimate of drug-likeness (QED) is 0.0921. The molecule has 3 rings (SSSR count). The number of hydrogen-bond acceptors (Lipinski definition) is 7. The van der Waals surface area contributed by atoms with Crippen LogP contribution in [0.1, 0.15) is 22.6 Å². The van der Waals surface area contributed by atoms with Gasteiger partial charge in [0, 0.05) is 28.0 Å². The maximum Gasteiger partial charge on any atom is 0.289 e. The Labute approximate surface area is 213 Å². The van der Waals surface area contributed by atoms with Gasteiger partial charge in [-0.1, -0.05) is 59.4 Å². The van der Waals surface area contributed by atoms with Gasteiger partial charge in [-0.15, -0.1) is 0 Å². The minimum Gasteiger partial charge on any atom is -0.395 e. The van der Waals surface area contributed by atoms with Crippen LogP contribution in [0.3, 0.4) is 0 Å². The van der Waals surface area contributed by atoms with Crippen LogP contribution in [-0.2, 0) is 10.0 Å². The average molecular weight is 522 g/mol. The first-order chi connectivity index (χ1) is 17.8. The van der Waals surface area contributed by atoms with E-state index in [2.05, 4.69) is 26.6 Å². The Kier molecular flexibility index (Phi) is 9.34. The molecule has 0 bridgehead atoms. The third-order valence-corrected chi connectivity index (χ3v) is 6.99. The maximum atomic E-state index is 13.1. The number of nitrogens with one attached hydrogen (secondary N) is 1. The molecule has 0 aliphatic carbocycles. The SMILES string of the molecule is [N-]=[N+]=NC[C@@H](O)[C@@H](c1ccc(C#Cc2ccccc2)cc1)[C@@H](CO)NS(=O)(=O)c1ccccc1[N+](=O)[O-]. The average Bonchev–Trinajstić information content (AvgIpc) is 2.91. The van der Waals surface area contributed by atoms with Crippen LogP contribution in [0.25, 0.3) is 10.4 Å². The van der Waals surface area contributed by atoms with Crippen LogP contribution >= 0.6 is 0 Å². The summed E-state index contributed by atoms with van der Waals surface area (Å²) in [7, 11) is -4.49. The number of nitro benzene ring substituents is 1. The normalized spacial score (nSPS) is 13.4. The third-order valence-electron chi connectivity index (χ3n) is 5.46. The fourth-order valence-electron chi connectivity index (χ4n) is 3.73. The van der Waals surface area contributed by atoms with Gasteiger partial charge in [0.05, 0.1) is 30.2 Å². The van der Waals surface area contributed by atoms with E-state index in [9.17, 15) is 28.7 Å². The van der Waals surface area contributed by atoms with Crippen molar-refractivity contribution in [3.05, 3.63) is 116 Å². The number of sulfonamides is 1. The van der Waals surface area contributed by atoms with Crippen molar-refractivity contribution in [2.24, 2.45) is 5.11 Å². The summed E-state index contributed by atoms with van der Waals surface area (Å²) < 4.78 is 28.4. The molecule has 3 aromatic rings. The van der Waals surface area contributed by atoms with Crippen molar-refractivity contribution in [3.8, 4) is 11.8 Å². The molecule has 0 saturated carbocycles. The molecular weight excluding hydrogens is 498 g/mol. The molecule has 0 amide bonds. The topological polar surface area (TPSA) is 179 Å². The van der Waals surface area contributed by atoms with Gasteiger partial charge < -0.3 is 10.2 Å². The molecule has 0 saturated heterocycles. The fraction of sp³-hybridized carbons (Fsp3) is 0.200. The van der Waals surface area contributed by atoms with E-state index in [1.807, 2.05) is 30.3 Å². The first kappa shape index (κ1) is 27.3. The number of para-hydroxylation sites is 1. The molecule has 37 heavy (non-hydrogen) atoms. The van der Waals surface area contributed by atoms with E-state index in [-0.39, 0.29) is 0 Å². The molecule has 0 fully saturated rings. The van der Waals surface area contributed by atoms with Gasteiger partial charge in [-0.05, 0) is 41.4 Å². The Morgan fingerprint density at radius 3 is 2.19 bits per heavy atom. The van der Waals surface area contributed by atoms with E-state index in [1.165, 1.54) is 12.1 Å². The van der Waals surface area contributed by atoms with Gasteiger partial charge in [0.2, 0.25) is 10.0 Å². The third kappa shape index (κ3) is 7.14. The van der Waals surface area contributed by atoms with Gasteiger partial charge in [0.15, 0.2) is 4.90 Å². The summed E-state index contributed by atoms with van der Waals surface area (Å²) in [4.78, 5) is 12.6. The second-order valence-electron chi connectivity index (χ2n) is 7.88. The Hall–Kier alpha value is -4.24. The molecule has 0 aliphatic heterocycles. The van der Waals surface area contributed by atoms with E-state index < -0.39 is 56.7 Å². The van der Waals surface area contributed by atoms with Crippen molar-refractivity contribution in [2.45, 2.75) is 23.0 Å². The zero-order valence-electron chi connectivity index (χ0n) is 19.4. The number of rotatable bonds is 10. The van der Waals surface area contributed by atoms with Crippen LogP contribution in [-0.4, -0.2) is 48.9 Å². The second-order valence-corrected chi connectivity index (χ2v) is 9.56. The summed E-state index contributed by atoms with van der Waals surface area (Å²) in [5.41, 5.74) is 9.93. The first-order valence-corrected chi connectivity index (χ1v) is 12.5. The maximum absolute atomic E-state index is 13.1. The fourth-order valence-corrected chi connectivity index (χ4v) is 5.16. The highest BCUT2D eigenvalue weighted by Gasteiger charge is 2.35. The van der Waals surface area contributed by atoms with Crippen molar-refractivity contribution in [1.82, 2.24) is 4.72 Å². The predicted octanol–water partition coefficient (Wildman–Crippen LogP) is 3.09. The van der Waals surface area contributed by atoms with Crippen LogP contribution in [0.15, 0.2) is 88.9 Å². The molecule has 0 spiro atoms. The molecule has 3 atom stereocenters. The van der Waals surface area contributed by atoms with Gasteiger partial charge in [-0.25, -0.2) is 13.1 Å². The lowest BCUT2D eigenvalue weighted by molar-refractivity contribution is -0.387. The predicted molar refractivity (Wildman–Crippen MR) is 136 cm³/mol. The van der Waals surface area contributed by atoms with Crippen molar-refractivity contribution in [1.29, 1.82) is 0 Å². The van der Waals surface area contributed by atoms with Crippen LogP contribution in [0.5, 0.6) is 0 Å². The van der Waals surface area contributed by atoms with E-state index in [0.29, 0.717) is 11.1 Å².